The molecule has 1 fully saturated rings. The van der Waals surface area contributed by atoms with Crippen LogP contribution < -0.4 is 15.0 Å². The molecule has 0 saturated carbocycles. The minimum absolute atomic E-state index is 0.157. The summed E-state index contributed by atoms with van der Waals surface area (Å²) >= 11 is 0. The van der Waals surface area contributed by atoms with Crippen molar-refractivity contribution in [3.8, 4) is 17.1 Å². The lowest BCUT2D eigenvalue weighted by atomic mass is 10.00. The fourth-order valence-electron chi connectivity index (χ4n) is 3.56. The minimum atomic E-state index is -0.157. The maximum absolute atomic E-state index is 12.3. The standard InChI is InChI=1S/C20H21N7O2/c28-20(17-10-19-27(25-17)8-1-9-29-19)22-11-14-12-26(13-14)18-3-2-16(23-24-18)15-4-6-21-7-5-15/h2-7,10,14H,1,8-9,11-13H2,(H,22,28). The van der Waals surface area contributed by atoms with Crippen molar-refractivity contribution in [1.82, 2.24) is 30.3 Å². The Bertz CT molecular complexity index is 974. The molecule has 0 spiro atoms. The van der Waals surface area contributed by atoms with Gasteiger partial charge in [-0.2, -0.15) is 5.10 Å². The van der Waals surface area contributed by atoms with Crippen molar-refractivity contribution in [1.29, 1.82) is 0 Å². The first-order valence-electron chi connectivity index (χ1n) is 9.74. The van der Waals surface area contributed by atoms with E-state index in [0.29, 0.717) is 30.6 Å². The van der Waals surface area contributed by atoms with Crippen molar-refractivity contribution in [2.75, 3.05) is 31.1 Å². The molecule has 0 unspecified atom stereocenters. The van der Waals surface area contributed by atoms with Crippen LogP contribution in [0.3, 0.4) is 0 Å². The maximum Gasteiger partial charge on any atom is 0.271 e. The molecule has 2 aliphatic rings. The maximum atomic E-state index is 12.3. The first kappa shape index (κ1) is 17.6. The van der Waals surface area contributed by atoms with E-state index >= 15 is 0 Å². The molecule has 5 heterocycles. The van der Waals surface area contributed by atoms with Crippen LogP contribution in [0.25, 0.3) is 11.3 Å². The number of fused-ring (bicyclic) bond motifs is 1. The van der Waals surface area contributed by atoms with Crippen LogP contribution >= 0.6 is 0 Å². The number of carbonyl (C=O) groups excluding carboxylic acids is 1. The molecule has 0 aromatic carbocycles. The zero-order chi connectivity index (χ0) is 19.6. The Kier molecular flexibility index (Phi) is 4.55. The molecule has 0 aliphatic carbocycles. The first-order chi connectivity index (χ1) is 14.3. The van der Waals surface area contributed by atoms with E-state index in [1.807, 2.05) is 24.3 Å². The quantitative estimate of drug-likeness (QED) is 0.702. The van der Waals surface area contributed by atoms with Crippen molar-refractivity contribution in [3.05, 3.63) is 48.4 Å². The zero-order valence-corrected chi connectivity index (χ0v) is 15.9. The average molecular weight is 391 g/mol. The monoisotopic (exact) mass is 391 g/mol. The lowest BCUT2D eigenvalue weighted by Crippen LogP contribution is -2.52. The third-order valence-corrected chi connectivity index (χ3v) is 5.20. The number of pyridine rings is 1. The second kappa shape index (κ2) is 7.50. The van der Waals surface area contributed by atoms with Gasteiger partial charge < -0.3 is 15.0 Å². The summed E-state index contributed by atoms with van der Waals surface area (Å²) in [6, 6.07) is 9.48. The summed E-state index contributed by atoms with van der Waals surface area (Å²) < 4.78 is 7.26. The molecule has 9 nitrogen and oxygen atoms in total. The van der Waals surface area contributed by atoms with Crippen LogP contribution in [0, 0.1) is 5.92 Å². The van der Waals surface area contributed by atoms with E-state index in [1.165, 1.54) is 0 Å². The summed E-state index contributed by atoms with van der Waals surface area (Å²) in [7, 11) is 0. The largest absolute Gasteiger partial charge is 0.478 e. The highest BCUT2D eigenvalue weighted by Gasteiger charge is 2.29. The lowest BCUT2D eigenvalue weighted by molar-refractivity contribution is 0.0938. The van der Waals surface area contributed by atoms with Gasteiger partial charge in [0.05, 0.1) is 12.3 Å². The number of nitrogens with zero attached hydrogens (tertiary/aromatic N) is 6. The van der Waals surface area contributed by atoms with E-state index < -0.39 is 0 Å². The zero-order valence-electron chi connectivity index (χ0n) is 15.9. The number of ether oxygens (including phenoxy) is 1. The highest BCUT2D eigenvalue weighted by molar-refractivity contribution is 5.92. The van der Waals surface area contributed by atoms with E-state index in [9.17, 15) is 4.79 Å². The Hall–Kier alpha value is -3.49. The molecule has 0 bridgehead atoms. The number of anilines is 1. The van der Waals surface area contributed by atoms with Gasteiger partial charge in [0.25, 0.3) is 5.91 Å². The Labute approximate surface area is 167 Å². The molecule has 0 atom stereocenters. The Morgan fingerprint density at radius 1 is 1.17 bits per heavy atom. The number of hydrogen-bond acceptors (Lipinski definition) is 7. The van der Waals surface area contributed by atoms with Crippen LogP contribution in [0.2, 0.25) is 0 Å². The van der Waals surface area contributed by atoms with Crippen LogP contribution in [0.1, 0.15) is 16.9 Å². The van der Waals surface area contributed by atoms with Gasteiger partial charge in [-0.3, -0.25) is 9.78 Å². The fraction of sp³-hybridized carbons (Fsp3) is 0.350. The molecular weight excluding hydrogens is 370 g/mol. The molecule has 1 amide bonds. The predicted molar refractivity (Wildman–Crippen MR) is 106 cm³/mol. The molecule has 148 valence electrons. The topological polar surface area (TPSA) is 98.1 Å². The van der Waals surface area contributed by atoms with Crippen molar-refractivity contribution in [2.45, 2.75) is 13.0 Å². The summed E-state index contributed by atoms with van der Waals surface area (Å²) in [6.07, 6.45) is 4.40. The SMILES string of the molecule is O=C(NCC1CN(c2ccc(-c3ccncc3)nn2)C1)c1cc2n(n1)CCCO2. The van der Waals surface area contributed by atoms with Gasteiger partial charge in [0.15, 0.2) is 11.5 Å². The van der Waals surface area contributed by atoms with Gasteiger partial charge >= 0.3 is 0 Å². The molecule has 1 N–H and O–H groups in total. The Balaban J connectivity index is 1.12. The molecule has 3 aromatic rings. The second-order valence-electron chi connectivity index (χ2n) is 7.29. The summed E-state index contributed by atoms with van der Waals surface area (Å²) in [5, 5.41) is 15.9. The van der Waals surface area contributed by atoms with Crippen LogP contribution in [-0.4, -0.2) is 57.1 Å². The average Bonchev–Trinajstić information content (AvgIpc) is 3.18. The normalized spacial score (nSPS) is 15.9. The Morgan fingerprint density at radius 2 is 2.03 bits per heavy atom. The van der Waals surface area contributed by atoms with Gasteiger partial charge in [-0.05, 0) is 24.3 Å². The van der Waals surface area contributed by atoms with Crippen LogP contribution in [0.4, 0.5) is 5.82 Å². The number of nitrogens with one attached hydrogen (secondary N) is 1. The smallest absolute Gasteiger partial charge is 0.271 e. The van der Waals surface area contributed by atoms with Gasteiger partial charge in [-0.25, -0.2) is 4.68 Å². The summed E-state index contributed by atoms with van der Waals surface area (Å²) in [6.45, 7) is 3.76. The van der Waals surface area contributed by atoms with Crippen LogP contribution in [-0.2, 0) is 6.54 Å². The molecule has 2 aliphatic heterocycles. The number of hydrogen-bond donors (Lipinski definition) is 1. The highest BCUT2D eigenvalue weighted by atomic mass is 16.5. The third kappa shape index (κ3) is 3.63. The summed E-state index contributed by atoms with van der Waals surface area (Å²) in [4.78, 5) is 18.5. The fourth-order valence-corrected chi connectivity index (χ4v) is 3.56. The number of carbonyl (C=O) groups is 1. The van der Waals surface area contributed by atoms with E-state index in [4.69, 9.17) is 4.74 Å². The summed E-state index contributed by atoms with van der Waals surface area (Å²) in [5.74, 6) is 1.75. The molecule has 9 heteroatoms. The molecular formula is C20H21N7O2. The number of amides is 1. The van der Waals surface area contributed by atoms with Gasteiger partial charge in [-0.1, -0.05) is 0 Å². The third-order valence-electron chi connectivity index (χ3n) is 5.20. The van der Waals surface area contributed by atoms with E-state index in [-0.39, 0.29) is 5.91 Å². The van der Waals surface area contributed by atoms with Crippen molar-refractivity contribution < 1.29 is 9.53 Å². The predicted octanol–water partition coefficient (Wildman–Crippen LogP) is 1.38. The molecule has 3 aromatic heterocycles. The number of aromatic nitrogens is 5. The highest BCUT2D eigenvalue weighted by Crippen LogP contribution is 2.24. The van der Waals surface area contributed by atoms with Crippen molar-refractivity contribution in [2.24, 2.45) is 5.92 Å². The molecule has 5 rings (SSSR count). The van der Waals surface area contributed by atoms with Gasteiger partial charge in [0.1, 0.15) is 0 Å². The van der Waals surface area contributed by atoms with Crippen molar-refractivity contribution in [3.63, 3.8) is 0 Å². The van der Waals surface area contributed by atoms with Gasteiger partial charge in [0.2, 0.25) is 5.88 Å². The van der Waals surface area contributed by atoms with Gasteiger partial charge in [0, 0.05) is 62.5 Å². The minimum Gasteiger partial charge on any atom is -0.478 e. The summed E-state index contributed by atoms with van der Waals surface area (Å²) in [5.41, 5.74) is 2.23. The molecule has 1 saturated heterocycles. The molecule has 0 radical (unpaired) electrons. The van der Waals surface area contributed by atoms with E-state index in [2.05, 4.69) is 30.5 Å². The van der Waals surface area contributed by atoms with E-state index in [1.54, 1.807) is 23.1 Å². The number of aryl methyl sites for hydroxylation is 1. The first-order valence-corrected chi connectivity index (χ1v) is 9.74. The van der Waals surface area contributed by atoms with Crippen molar-refractivity contribution >= 4 is 11.7 Å². The Morgan fingerprint density at radius 3 is 2.79 bits per heavy atom. The van der Waals surface area contributed by atoms with Crippen LogP contribution in [0.15, 0.2) is 42.7 Å². The molecule has 29 heavy (non-hydrogen) atoms. The van der Waals surface area contributed by atoms with Gasteiger partial charge in [-0.15, -0.1) is 10.2 Å². The van der Waals surface area contributed by atoms with Crippen LogP contribution in [0.5, 0.6) is 5.88 Å². The second-order valence-corrected chi connectivity index (χ2v) is 7.29. The lowest BCUT2D eigenvalue weighted by Gasteiger charge is -2.39. The number of rotatable bonds is 5. The van der Waals surface area contributed by atoms with E-state index in [0.717, 1.165) is 43.1 Å².